The fraction of sp³-hybridized carbons (Fsp3) is 0.226. The maximum atomic E-state index is 13.1. The number of rotatable bonds is 12. The van der Waals surface area contributed by atoms with Crippen LogP contribution in [0.15, 0.2) is 75.4 Å². The summed E-state index contributed by atoms with van der Waals surface area (Å²) in [5.74, 6) is -0.509. The van der Waals surface area contributed by atoms with Gasteiger partial charge in [0.1, 0.15) is 12.4 Å². The summed E-state index contributed by atoms with van der Waals surface area (Å²) in [6, 6.07) is 12.8. The van der Waals surface area contributed by atoms with Crippen LogP contribution in [-0.2, 0) is 20.9 Å². The number of carbonyl (C=O) groups excluding carboxylic acids is 3. The minimum Gasteiger partial charge on any atom is -0.493 e. The number of ether oxygens (including phenoxy) is 4. The van der Waals surface area contributed by atoms with Crippen molar-refractivity contribution < 1.29 is 37.7 Å². The van der Waals surface area contributed by atoms with Crippen LogP contribution in [0.3, 0.4) is 0 Å². The molecular weight excluding hydrogens is 675 g/mol. The monoisotopic (exact) mass is 702 g/mol. The third-order valence-corrected chi connectivity index (χ3v) is 7.23. The second-order valence-electron chi connectivity index (χ2n) is 9.51. The molecule has 14 heteroatoms. The Labute approximate surface area is 271 Å². The van der Waals surface area contributed by atoms with Crippen LogP contribution in [0.5, 0.6) is 17.2 Å². The van der Waals surface area contributed by atoms with Gasteiger partial charge in [-0.25, -0.2) is 19.4 Å². The van der Waals surface area contributed by atoms with Crippen LogP contribution in [0, 0.1) is 5.82 Å². The molecule has 0 saturated heterocycles. The van der Waals surface area contributed by atoms with Gasteiger partial charge in [0.2, 0.25) is 0 Å². The standard InChI is InChI=1S/C31H29BrClFN4O7/c1-4-43-30(40)27-17(2)36-31(41)37-28(27)20-7-10-24(25(13-20)42-3)44-16-26(39)38-35-14-19-11-22(32)29(23(33)12-19)45-15-18-5-8-21(34)9-6-18/h5-14,28H,4,15-16H2,1-3H3,(H,38,39)(H2,36,37,41)/b35-14-/t28-/m1/s1. The molecule has 0 unspecified atom stereocenters. The maximum absolute atomic E-state index is 13.1. The van der Waals surface area contributed by atoms with Gasteiger partial charge in [-0.2, -0.15) is 5.10 Å². The number of esters is 1. The zero-order chi connectivity index (χ0) is 32.5. The van der Waals surface area contributed by atoms with E-state index >= 15 is 0 Å². The fourth-order valence-corrected chi connectivity index (χ4v) is 5.28. The van der Waals surface area contributed by atoms with E-state index in [2.05, 4.69) is 37.1 Å². The minimum atomic E-state index is -0.789. The van der Waals surface area contributed by atoms with E-state index in [1.165, 1.54) is 25.5 Å². The summed E-state index contributed by atoms with van der Waals surface area (Å²) >= 11 is 9.80. The van der Waals surface area contributed by atoms with Gasteiger partial charge in [-0.1, -0.05) is 29.8 Å². The third kappa shape index (κ3) is 8.73. The van der Waals surface area contributed by atoms with E-state index in [4.69, 9.17) is 30.5 Å². The Morgan fingerprint density at radius 2 is 1.87 bits per heavy atom. The van der Waals surface area contributed by atoms with Gasteiger partial charge in [-0.05, 0) is 82.9 Å². The number of allylic oxidation sites excluding steroid dienone is 1. The molecule has 0 spiro atoms. The molecule has 3 aromatic carbocycles. The lowest BCUT2D eigenvalue weighted by Gasteiger charge is -2.28. The van der Waals surface area contributed by atoms with Crippen LogP contribution in [0.25, 0.3) is 0 Å². The summed E-state index contributed by atoms with van der Waals surface area (Å²) < 4.78 is 35.7. The molecule has 0 fully saturated rings. The van der Waals surface area contributed by atoms with E-state index in [0.717, 1.165) is 5.56 Å². The van der Waals surface area contributed by atoms with E-state index in [1.807, 2.05) is 0 Å². The third-order valence-electron chi connectivity index (χ3n) is 6.36. The Bertz CT molecular complexity index is 1630. The molecule has 1 heterocycles. The number of hydrogen-bond acceptors (Lipinski definition) is 8. The van der Waals surface area contributed by atoms with Crippen molar-refractivity contribution in [3.8, 4) is 17.2 Å². The zero-order valence-electron chi connectivity index (χ0n) is 24.4. The van der Waals surface area contributed by atoms with Crippen molar-refractivity contribution in [3.63, 3.8) is 0 Å². The lowest BCUT2D eigenvalue weighted by molar-refractivity contribution is -0.139. The largest absolute Gasteiger partial charge is 0.493 e. The normalized spacial score (nSPS) is 14.4. The van der Waals surface area contributed by atoms with Gasteiger partial charge in [0.15, 0.2) is 23.9 Å². The number of methoxy groups -OCH3 is 1. The molecule has 1 aliphatic heterocycles. The lowest BCUT2D eigenvalue weighted by atomic mass is 9.95. The van der Waals surface area contributed by atoms with Crippen molar-refractivity contribution in [2.75, 3.05) is 20.3 Å². The SMILES string of the molecule is CCOC(=O)C1=C(C)NC(=O)N[C@@H]1c1ccc(OCC(=O)N/N=C\c2cc(Cl)c(OCc3ccc(F)cc3)c(Br)c2)c(OC)c1. The molecule has 3 N–H and O–H groups in total. The first-order chi connectivity index (χ1) is 21.6. The van der Waals surface area contributed by atoms with E-state index in [1.54, 1.807) is 56.3 Å². The van der Waals surface area contributed by atoms with Gasteiger partial charge in [0.25, 0.3) is 5.91 Å². The van der Waals surface area contributed by atoms with Gasteiger partial charge in [-0.15, -0.1) is 0 Å². The summed E-state index contributed by atoms with van der Waals surface area (Å²) in [5, 5.41) is 9.56. The number of hydrogen-bond donors (Lipinski definition) is 3. The van der Waals surface area contributed by atoms with Crippen LogP contribution in [-0.4, -0.2) is 44.4 Å². The highest BCUT2D eigenvalue weighted by atomic mass is 79.9. The summed E-state index contributed by atoms with van der Waals surface area (Å²) in [7, 11) is 1.42. The van der Waals surface area contributed by atoms with Crippen LogP contribution in [0.1, 0.15) is 36.6 Å². The Balaban J connectivity index is 1.35. The second kappa shape index (κ2) is 15.4. The number of hydrazone groups is 1. The molecule has 3 amide bonds. The number of nitrogens with zero attached hydrogens (tertiary/aromatic N) is 1. The Hall–Kier alpha value is -4.62. The highest BCUT2D eigenvalue weighted by Crippen LogP contribution is 2.36. The van der Waals surface area contributed by atoms with Gasteiger partial charge in [0.05, 0.1) is 41.0 Å². The van der Waals surface area contributed by atoms with E-state index < -0.39 is 23.9 Å². The highest BCUT2D eigenvalue weighted by molar-refractivity contribution is 9.10. The molecule has 0 aliphatic carbocycles. The number of urea groups is 1. The summed E-state index contributed by atoms with van der Waals surface area (Å²) in [6.07, 6.45) is 1.40. The molecule has 0 aromatic heterocycles. The number of halogens is 3. The first-order valence-electron chi connectivity index (χ1n) is 13.5. The molecule has 3 aromatic rings. The number of amides is 3. The Morgan fingerprint density at radius 3 is 2.56 bits per heavy atom. The molecule has 0 radical (unpaired) electrons. The molecule has 45 heavy (non-hydrogen) atoms. The predicted molar refractivity (Wildman–Crippen MR) is 168 cm³/mol. The van der Waals surface area contributed by atoms with Crippen molar-refractivity contribution in [2.24, 2.45) is 5.10 Å². The summed E-state index contributed by atoms with van der Waals surface area (Å²) in [6.45, 7) is 3.28. The minimum absolute atomic E-state index is 0.172. The van der Waals surface area contributed by atoms with Crippen LogP contribution < -0.4 is 30.3 Å². The molecule has 1 atom stereocenters. The second-order valence-corrected chi connectivity index (χ2v) is 10.8. The van der Waals surface area contributed by atoms with Crippen molar-refractivity contribution in [1.29, 1.82) is 0 Å². The molecule has 1 aliphatic rings. The summed E-state index contributed by atoms with van der Waals surface area (Å²) in [5.41, 5.74) is 4.90. The number of benzene rings is 3. The van der Waals surface area contributed by atoms with Crippen molar-refractivity contribution in [1.82, 2.24) is 16.1 Å². The van der Waals surface area contributed by atoms with Gasteiger partial charge in [0, 0.05) is 5.70 Å². The quantitative estimate of drug-likeness (QED) is 0.128. The molecule has 236 valence electrons. The van der Waals surface area contributed by atoms with E-state index in [9.17, 15) is 18.8 Å². The Kier molecular flexibility index (Phi) is 11.4. The van der Waals surface area contributed by atoms with Crippen LogP contribution >= 0.6 is 27.5 Å². The average molecular weight is 704 g/mol. The molecule has 4 rings (SSSR count). The molecule has 11 nitrogen and oxygen atoms in total. The highest BCUT2D eigenvalue weighted by Gasteiger charge is 2.32. The average Bonchev–Trinajstić information content (AvgIpc) is 3.00. The van der Waals surface area contributed by atoms with E-state index in [-0.39, 0.29) is 42.7 Å². The van der Waals surface area contributed by atoms with Crippen molar-refractivity contribution in [3.05, 3.63) is 97.9 Å². The molecule has 0 saturated carbocycles. The topological polar surface area (TPSA) is 137 Å². The van der Waals surface area contributed by atoms with Gasteiger partial charge >= 0.3 is 12.0 Å². The molecule has 0 bridgehead atoms. The molecular formula is C31H29BrClFN4O7. The van der Waals surface area contributed by atoms with E-state index in [0.29, 0.717) is 32.1 Å². The van der Waals surface area contributed by atoms with Gasteiger partial charge in [-0.3, -0.25) is 4.79 Å². The predicted octanol–water partition coefficient (Wildman–Crippen LogP) is 5.55. The maximum Gasteiger partial charge on any atom is 0.338 e. The lowest BCUT2D eigenvalue weighted by Crippen LogP contribution is -2.45. The number of carbonyl (C=O) groups is 3. The fourth-order valence-electron chi connectivity index (χ4n) is 4.29. The van der Waals surface area contributed by atoms with Crippen LogP contribution in [0.2, 0.25) is 5.02 Å². The summed E-state index contributed by atoms with van der Waals surface area (Å²) in [4.78, 5) is 37.2. The smallest absolute Gasteiger partial charge is 0.338 e. The van der Waals surface area contributed by atoms with Crippen molar-refractivity contribution in [2.45, 2.75) is 26.5 Å². The zero-order valence-corrected chi connectivity index (χ0v) is 26.8. The number of nitrogens with one attached hydrogen (secondary N) is 3. The van der Waals surface area contributed by atoms with Crippen LogP contribution in [0.4, 0.5) is 9.18 Å². The van der Waals surface area contributed by atoms with Crippen molar-refractivity contribution >= 4 is 51.7 Å². The first-order valence-corrected chi connectivity index (χ1v) is 14.7. The van der Waals surface area contributed by atoms with Gasteiger partial charge < -0.3 is 29.6 Å². The first kappa shape index (κ1) is 33.3. The Morgan fingerprint density at radius 1 is 1.11 bits per heavy atom.